The minimum Gasteiger partial charge on any atom is -0.369 e. The quantitative estimate of drug-likeness (QED) is 0.402. The third-order valence-corrected chi connectivity index (χ3v) is 6.55. The number of fused-ring (bicyclic) bond motifs is 1. The molecule has 1 fully saturated rings. The van der Waals surface area contributed by atoms with Crippen LogP contribution in [0.25, 0.3) is 11.0 Å². The standard InChI is InChI=1S/C22H36N6OS/c1-4-6-7-16-8-10-17(11-9-16)21(29)24-13-14-28-20-18(15-25-28)19(23-12-5-2)26-22(27-20)30-3/h15-17H,4-14H2,1-3H3,(H,24,29)(H,23,26,27). The van der Waals surface area contributed by atoms with E-state index in [1.807, 2.05) is 17.1 Å². The largest absolute Gasteiger partial charge is 0.369 e. The monoisotopic (exact) mass is 432 g/mol. The minimum atomic E-state index is 0.174. The fourth-order valence-electron chi connectivity index (χ4n) is 4.20. The average molecular weight is 433 g/mol. The van der Waals surface area contributed by atoms with Gasteiger partial charge in [0, 0.05) is 19.0 Å². The van der Waals surface area contributed by atoms with Crippen molar-refractivity contribution in [3.63, 3.8) is 0 Å². The number of amides is 1. The summed E-state index contributed by atoms with van der Waals surface area (Å²) in [6.07, 6.45) is 13.2. The molecule has 2 N–H and O–H groups in total. The van der Waals surface area contributed by atoms with Crippen molar-refractivity contribution >= 4 is 34.5 Å². The molecule has 1 aliphatic carbocycles. The molecule has 30 heavy (non-hydrogen) atoms. The van der Waals surface area contributed by atoms with Gasteiger partial charge in [0.15, 0.2) is 10.8 Å². The number of nitrogens with zero attached hydrogens (tertiary/aromatic N) is 4. The number of nitrogens with one attached hydrogen (secondary N) is 2. The van der Waals surface area contributed by atoms with E-state index in [0.717, 1.165) is 53.7 Å². The van der Waals surface area contributed by atoms with Crippen LogP contribution in [0.1, 0.15) is 65.2 Å². The zero-order chi connectivity index (χ0) is 21.3. The van der Waals surface area contributed by atoms with Gasteiger partial charge in [0.1, 0.15) is 5.82 Å². The van der Waals surface area contributed by atoms with Crippen LogP contribution in [0.5, 0.6) is 0 Å². The van der Waals surface area contributed by atoms with Gasteiger partial charge in [-0.2, -0.15) is 5.10 Å². The first-order valence-corrected chi connectivity index (χ1v) is 12.7. The minimum absolute atomic E-state index is 0.174. The van der Waals surface area contributed by atoms with Gasteiger partial charge in [-0.05, 0) is 44.3 Å². The number of thioether (sulfide) groups is 1. The van der Waals surface area contributed by atoms with Crippen molar-refractivity contribution in [2.45, 2.75) is 76.9 Å². The van der Waals surface area contributed by atoms with Crippen molar-refractivity contribution in [1.82, 2.24) is 25.1 Å². The van der Waals surface area contributed by atoms with Gasteiger partial charge in [-0.3, -0.25) is 4.79 Å². The Kier molecular flexibility index (Phi) is 8.78. The second-order valence-corrected chi connectivity index (χ2v) is 9.01. The molecule has 0 radical (unpaired) electrons. The van der Waals surface area contributed by atoms with E-state index in [-0.39, 0.29) is 11.8 Å². The number of anilines is 1. The van der Waals surface area contributed by atoms with Crippen molar-refractivity contribution < 1.29 is 4.79 Å². The number of carbonyl (C=O) groups excluding carboxylic acids is 1. The maximum Gasteiger partial charge on any atom is 0.223 e. The molecule has 1 amide bonds. The van der Waals surface area contributed by atoms with Gasteiger partial charge in [0.25, 0.3) is 0 Å². The van der Waals surface area contributed by atoms with Crippen molar-refractivity contribution in [2.24, 2.45) is 11.8 Å². The Balaban J connectivity index is 1.54. The van der Waals surface area contributed by atoms with Gasteiger partial charge in [-0.1, -0.05) is 44.9 Å². The number of unbranched alkanes of at least 4 members (excludes halogenated alkanes) is 1. The Morgan fingerprint density at radius 3 is 2.67 bits per heavy atom. The number of hydrogen-bond donors (Lipinski definition) is 2. The molecular weight excluding hydrogens is 396 g/mol. The van der Waals surface area contributed by atoms with E-state index in [1.54, 1.807) is 0 Å². The van der Waals surface area contributed by atoms with Gasteiger partial charge < -0.3 is 10.6 Å². The number of carbonyl (C=O) groups is 1. The smallest absolute Gasteiger partial charge is 0.223 e. The zero-order valence-electron chi connectivity index (χ0n) is 18.6. The summed E-state index contributed by atoms with van der Waals surface area (Å²) in [6.45, 7) is 6.42. The van der Waals surface area contributed by atoms with E-state index < -0.39 is 0 Å². The lowest BCUT2D eigenvalue weighted by Crippen LogP contribution is -2.35. The molecule has 0 saturated heterocycles. The van der Waals surface area contributed by atoms with Gasteiger partial charge >= 0.3 is 0 Å². The first-order chi connectivity index (χ1) is 14.7. The predicted octanol–water partition coefficient (Wildman–Crippen LogP) is 4.48. The van der Waals surface area contributed by atoms with E-state index in [9.17, 15) is 4.79 Å². The summed E-state index contributed by atoms with van der Waals surface area (Å²) >= 11 is 1.52. The summed E-state index contributed by atoms with van der Waals surface area (Å²) < 4.78 is 1.87. The van der Waals surface area contributed by atoms with Gasteiger partial charge in [-0.25, -0.2) is 14.6 Å². The van der Waals surface area contributed by atoms with Gasteiger partial charge in [0.2, 0.25) is 5.91 Å². The molecule has 1 saturated carbocycles. The molecule has 2 aromatic rings. The van der Waals surface area contributed by atoms with E-state index in [0.29, 0.717) is 13.1 Å². The highest BCUT2D eigenvalue weighted by atomic mass is 32.2. The van der Waals surface area contributed by atoms with Crippen LogP contribution >= 0.6 is 11.8 Å². The maximum absolute atomic E-state index is 12.6. The first-order valence-electron chi connectivity index (χ1n) is 11.4. The van der Waals surface area contributed by atoms with Crippen LogP contribution in [0, 0.1) is 11.8 Å². The molecule has 0 spiro atoms. The fourth-order valence-corrected chi connectivity index (χ4v) is 4.56. The molecule has 166 valence electrons. The van der Waals surface area contributed by atoms with E-state index in [4.69, 9.17) is 0 Å². The Bertz CT molecular complexity index is 815. The average Bonchev–Trinajstić information content (AvgIpc) is 3.19. The maximum atomic E-state index is 12.6. The molecule has 0 atom stereocenters. The summed E-state index contributed by atoms with van der Waals surface area (Å²) in [7, 11) is 0. The number of rotatable bonds is 11. The van der Waals surface area contributed by atoms with Crippen LogP contribution < -0.4 is 10.6 Å². The molecule has 0 bridgehead atoms. The third kappa shape index (κ3) is 5.86. The van der Waals surface area contributed by atoms with Crippen LogP contribution in [0.2, 0.25) is 0 Å². The fraction of sp³-hybridized carbons (Fsp3) is 0.727. The predicted molar refractivity (Wildman–Crippen MR) is 124 cm³/mol. The second kappa shape index (κ2) is 11.5. The van der Waals surface area contributed by atoms with Crippen LogP contribution in [0.15, 0.2) is 11.4 Å². The summed E-state index contributed by atoms with van der Waals surface area (Å²) in [6, 6.07) is 0. The highest BCUT2D eigenvalue weighted by Crippen LogP contribution is 2.32. The molecule has 2 heterocycles. The van der Waals surface area contributed by atoms with Crippen LogP contribution in [0.3, 0.4) is 0 Å². The summed E-state index contributed by atoms with van der Waals surface area (Å²) in [5, 5.41) is 12.7. The first kappa shape index (κ1) is 22.8. The number of aromatic nitrogens is 4. The summed E-state index contributed by atoms with van der Waals surface area (Å²) in [4.78, 5) is 21.8. The van der Waals surface area contributed by atoms with Crippen molar-refractivity contribution in [1.29, 1.82) is 0 Å². The van der Waals surface area contributed by atoms with Crippen LogP contribution in [-0.2, 0) is 11.3 Å². The zero-order valence-corrected chi connectivity index (χ0v) is 19.4. The molecular formula is C22H36N6OS. The van der Waals surface area contributed by atoms with Gasteiger partial charge in [-0.15, -0.1) is 0 Å². The normalized spacial score (nSPS) is 19.2. The Labute approximate surface area is 184 Å². The summed E-state index contributed by atoms with van der Waals surface area (Å²) in [5.74, 6) is 2.03. The van der Waals surface area contributed by atoms with Crippen molar-refractivity contribution in [2.75, 3.05) is 24.7 Å². The Morgan fingerprint density at radius 1 is 1.17 bits per heavy atom. The Morgan fingerprint density at radius 2 is 1.97 bits per heavy atom. The molecule has 3 rings (SSSR count). The van der Waals surface area contributed by atoms with E-state index in [1.165, 1.54) is 43.9 Å². The van der Waals surface area contributed by atoms with E-state index in [2.05, 4.69) is 39.5 Å². The molecule has 0 aromatic carbocycles. The third-order valence-electron chi connectivity index (χ3n) is 6.01. The highest BCUT2D eigenvalue weighted by molar-refractivity contribution is 7.98. The molecule has 0 unspecified atom stereocenters. The van der Waals surface area contributed by atoms with Crippen LogP contribution in [-0.4, -0.2) is 45.0 Å². The van der Waals surface area contributed by atoms with Crippen molar-refractivity contribution in [3.8, 4) is 0 Å². The molecule has 1 aliphatic rings. The lowest BCUT2D eigenvalue weighted by atomic mass is 9.79. The molecule has 8 heteroatoms. The van der Waals surface area contributed by atoms with Gasteiger partial charge in [0.05, 0.1) is 18.1 Å². The topological polar surface area (TPSA) is 84.7 Å². The second-order valence-electron chi connectivity index (χ2n) is 8.24. The molecule has 0 aliphatic heterocycles. The van der Waals surface area contributed by atoms with Crippen LogP contribution in [0.4, 0.5) is 5.82 Å². The van der Waals surface area contributed by atoms with E-state index >= 15 is 0 Å². The molecule has 2 aromatic heterocycles. The Hall–Kier alpha value is -1.83. The number of hydrogen-bond acceptors (Lipinski definition) is 6. The summed E-state index contributed by atoms with van der Waals surface area (Å²) in [5.41, 5.74) is 0.818. The lowest BCUT2D eigenvalue weighted by Gasteiger charge is -2.27. The SMILES string of the molecule is CCCCC1CCC(C(=O)NCCn2ncc3c(NCCC)nc(SC)nc32)CC1. The highest BCUT2D eigenvalue weighted by Gasteiger charge is 2.25. The lowest BCUT2D eigenvalue weighted by molar-refractivity contribution is -0.126. The van der Waals surface area contributed by atoms with Crippen molar-refractivity contribution in [3.05, 3.63) is 6.20 Å². The molecule has 7 nitrogen and oxygen atoms in total.